The Morgan fingerprint density at radius 3 is 2.59 bits per heavy atom. The highest BCUT2D eigenvalue weighted by Gasteiger charge is 2.21. The Morgan fingerprint density at radius 1 is 1.29 bits per heavy atom. The van der Waals surface area contributed by atoms with Crippen LogP contribution in [0.1, 0.15) is 19.4 Å². The summed E-state index contributed by atoms with van der Waals surface area (Å²) in [5.74, 6) is -0.223. The van der Waals surface area contributed by atoms with Crippen molar-refractivity contribution in [1.29, 1.82) is 0 Å². The lowest BCUT2D eigenvalue weighted by Crippen LogP contribution is -2.29. The lowest BCUT2D eigenvalue weighted by molar-refractivity contribution is -0.156. The number of carbonyl (C=O) groups is 1. The van der Waals surface area contributed by atoms with E-state index in [1.807, 2.05) is 13.0 Å². The Bertz CT molecular complexity index is 362. The standard InChI is InChI=1S/C13H18O4/c1-3-16-12(13(15)17-4-2)9-10-7-5-6-8-11(10)14/h5-8,12,14H,3-4,9H2,1-2H3/t12-/m1/s1. The molecule has 1 atom stereocenters. The summed E-state index contributed by atoms with van der Waals surface area (Å²) in [4.78, 5) is 11.6. The highest BCUT2D eigenvalue weighted by Crippen LogP contribution is 2.18. The van der Waals surface area contributed by atoms with Gasteiger partial charge in [-0.1, -0.05) is 18.2 Å². The maximum Gasteiger partial charge on any atom is 0.335 e. The van der Waals surface area contributed by atoms with Gasteiger partial charge in [0, 0.05) is 13.0 Å². The topological polar surface area (TPSA) is 55.8 Å². The van der Waals surface area contributed by atoms with E-state index in [0.29, 0.717) is 25.2 Å². The van der Waals surface area contributed by atoms with Gasteiger partial charge in [0.25, 0.3) is 0 Å². The van der Waals surface area contributed by atoms with E-state index in [1.54, 1.807) is 25.1 Å². The van der Waals surface area contributed by atoms with Crippen LogP contribution in [-0.2, 0) is 20.7 Å². The molecule has 0 bridgehead atoms. The summed E-state index contributed by atoms with van der Waals surface area (Å²) in [5.41, 5.74) is 0.680. The van der Waals surface area contributed by atoms with E-state index in [1.165, 1.54) is 0 Å². The molecule has 0 amide bonds. The van der Waals surface area contributed by atoms with E-state index in [-0.39, 0.29) is 5.75 Å². The maximum atomic E-state index is 11.6. The van der Waals surface area contributed by atoms with Crippen LogP contribution in [0.3, 0.4) is 0 Å². The molecule has 1 N–H and O–H groups in total. The van der Waals surface area contributed by atoms with E-state index in [0.717, 1.165) is 0 Å². The lowest BCUT2D eigenvalue weighted by atomic mass is 10.1. The predicted molar refractivity (Wildman–Crippen MR) is 63.9 cm³/mol. The van der Waals surface area contributed by atoms with Gasteiger partial charge in [0.1, 0.15) is 5.75 Å². The Hall–Kier alpha value is -1.55. The Morgan fingerprint density at radius 2 is 2.00 bits per heavy atom. The van der Waals surface area contributed by atoms with Crippen molar-refractivity contribution in [2.45, 2.75) is 26.4 Å². The molecule has 0 heterocycles. The second-order valence-electron chi connectivity index (χ2n) is 3.53. The zero-order chi connectivity index (χ0) is 12.7. The third kappa shape index (κ3) is 4.07. The van der Waals surface area contributed by atoms with Crippen molar-refractivity contribution in [3.8, 4) is 5.75 Å². The van der Waals surface area contributed by atoms with Crippen LogP contribution in [0.25, 0.3) is 0 Å². The summed E-state index contributed by atoms with van der Waals surface area (Å²) in [6.45, 7) is 4.32. The number of benzene rings is 1. The number of esters is 1. The van der Waals surface area contributed by atoms with Crippen molar-refractivity contribution in [3.05, 3.63) is 29.8 Å². The summed E-state index contributed by atoms with van der Waals surface area (Å²) < 4.78 is 10.3. The molecule has 0 spiro atoms. The van der Waals surface area contributed by atoms with Crippen LogP contribution < -0.4 is 0 Å². The average Bonchev–Trinajstić information content (AvgIpc) is 2.31. The molecule has 4 nitrogen and oxygen atoms in total. The van der Waals surface area contributed by atoms with Crippen molar-refractivity contribution in [2.24, 2.45) is 0 Å². The van der Waals surface area contributed by atoms with Crippen LogP contribution in [0, 0.1) is 0 Å². The highest BCUT2D eigenvalue weighted by molar-refractivity contribution is 5.75. The first-order valence-corrected chi connectivity index (χ1v) is 5.74. The number of phenols is 1. The Kier molecular flexibility index (Phi) is 5.49. The fourth-order valence-corrected chi connectivity index (χ4v) is 1.53. The van der Waals surface area contributed by atoms with Crippen LogP contribution in [0.5, 0.6) is 5.75 Å². The maximum absolute atomic E-state index is 11.6. The van der Waals surface area contributed by atoms with Gasteiger partial charge >= 0.3 is 5.97 Å². The van der Waals surface area contributed by atoms with Crippen LogP contribution in [-0.4, -0.2) is 30.4 Å². The minimum Gasteiger partial charge on any atom is -0.508 e. The summed E-state index contributed by atoms with van der Waals surface area (Å²) in [6, 6.07) is 6.90. The number of para-hydroxylation sites is 1. The molecule has 0 fully saturated rings. The molecular formula is C13H18O4. The molecule has 94 valence electrons. The van der Waals surface area contributed by atoms with Crippen molar-refractivity contribution in [3.63, 3.8) is 0 Å². The molecule has 0 aliphatic carbocycles. The molecule has 17 heavy (non-hydrogen) atoms. The molecule has 0 aliphatic heterocycles. The van der Waals surface area contributed by atoms with Crippen molar-refractivity contribution >= 4 is 5.97 Å². The molecule has 0 aromatic heterocycles. The first-order chi connectivity index (χ1) is 8.19. The van der Waals surface area contributed by atoms with Gasteiger partial charge in [0.2, 0.25) is 0 Å². The zero-order valence-electron chi connectivity index (χ0n) is 10.2. The first kappa shape index (κ1) is 13.5. The molecule has 4 heteroatoms. The third-order valence-electron chi connectivity index (χ3n) is 2.31. The van der Waals surface area contributed by atoms with Crippen molar-refractivity contribution in [1.82, 2.24) is 0 Å². The molecule has 0 aliphatic rings. The van der Waals surface area contributed by atoms with Gasteiger partial charge in [0.05, 0.1) is 6.61 Å². The summed E-state index contributed by atoms with van der Waals surface area (Å²) in [7, 11) is 0. The molecular weight excluding hydrogens is 220 g/mol. The number of hydrogen-bond donors (Lipinski definition) is 1. The lowest BCUT2D eigenvalue weighted by Gasteiger charge is -2.16. The van der Waals surface area contributed by atoms with E-state index in [9.17, 15) is 9.90 Å². The summed E-state index contributed by atoms with van der Waals surface area (Å²) in [5, 5.41) is 9.63. The molecule has 1 aromatic carbocycles. The van der Waals surface area contributed by atoms with E-state index >= 15 is 0 Å². The number of hydrogen-bond acceptors (Lipinski definition) is 4. The largest absolute Gasteiger partial charge is 0.508 e. The second-order valence-corrected chi connectivity index (χ2v) is 3.53. The van der Waals surface area contributed by atoms with Gasteiger partial charge in [-0.25, -0.2) is 4.79 Å². The number of carbonyl (C=O) groups excluding carboxylic acids is 1. The molecule has 1 rings (SSSR count). The molecule has 0 radical (unpaired) electrons. The third-order valence-corrected chi connectivity index (χ3v) is 2.31. The molecule has 0 saturated heterocycles. The summed E-state index contributed by atoms with van der Waals surface area (Å²) in [6.07, 6.45) is -0.340. The van der Waals surface area contributed by atoms with E-state index in [2.05, 4.69) is 0 Å². The van der Waals surface area contributed by atoms with Gasteiger partial charge in [-0.2, -0.15) is 0 Å². The quantitative estimate of drug-likeness (QED) is 0.769. The van der Waals surface area contributed by atoms with Crippen LogP contribution >= 0.6 is 0 Å². The number of ether oxygens (including phenoxy) is 2. The molecule has 0 saturated carbocycles. The SMILES string of the molecule is CCOC(=O)[C@@H](Cc1ccccc1O)OCC. The van der Waals surface area contributed by atoms with Crippen molar-refractivity contribution < 1.29 is 19.4 Å². The number of aromatic hydroxyl groups is 1. The van der Waals surface area contributed by atoms with Crippen LogP contribution in [0.4, 0.5) is 0 Å². The molecule has 1 aromatic rings. The molecule has 0 unspecified atom stereocenters. The monoisotopic (exact) mass is 238 g/mol. The van der Waals surface area contributed by atoms with Gasteiger partial charge < -0.3 is 14.6 Å². The van der Waals surface area contributed by atoms with Crippen LogP contribution in [0.2, 0.25) is 0 Å². The normalized spacial score (nSPS) is 12.1. The zero-order valence-corrected chi connectivity index (χ0v) is 10.2. The fourth-order valence-electron chi connectivity index (χ4n) is 1.53. The van der Waals surface area contributed by atoms with Crippen LogP contribution in [0.15, 0.2) is 24.3 Å². The van der Waals surface area contributed by atoms with Gasteiger partial charge in [-0.3, -0.25) is 0 Å². The first-order valence-electron chi connectivity index (χ1n) is 5.74. The highest BCUT2D eigenvalue weighted by atomic mass is 16.6. The van der Waals surface area contributed by atoms with Crippen molar-refractivity contribution in [2.75, 3.05) is 13.2 Å². The predicted octanol–water partition coefficient (Wildman–Crippen LogP) is 1.90. The van der Waals surface area contributed by atoms with Gasteiger partial charge in [0.15, 0.2) is 6.10 Å². The van der Waals surface area contributed by atoms with Gasteiger partial charge in [-0.05, 0) is 25.5 Å². The summed E-state index contributed by atoms with van der Waals surface area (Å²) >= 11 is 0. The minimum absolute atomic E-state index is 0.168. The fraction of sp³-hybridized carbons (Fsp3) is 0.462. The van der Waals surface area contributed by atoms with E-state index in [4.69, 9.17) is 9.47 Å². The number of phenolic OH excluding ortho intramolecular Hbond substituents is 1. The Balaban J connectivity index is 2.73. The van der Waals surface area contributed by atoms with Gasteiger partial charge in [-0.15, -0.1) is 0 Å². The second kappa shape index (κ2) is 6.91. The van der Waals surface area contributed by atoms with E-state index < -0.39 is 12.1 Å². The average molecular weight is 238 g/mol. The minimum atomic E-state index is -0.659. The number of rotatable bonds is 6. The Labute approximate surface area is 101 Å². The smallest absolute Gasteiger partial charge is 0.335 e.